The van der Waals surface area contributed by atoms with E-state index in [1.807, 2.05) is 32.0 Å². The van der Waals surface area contributed by atoms with Gasteiger partial charge in [-0.3, -0.25) is 5.84 Å². The first-order valence-electron chi connectivity index (χ1n) is 6.11. The van der Waals surface area contributed by atoms with E-state index in [4.69, 9.17) is 5.84 Å². The molecule has 20 heavy (non-hydrogen) atoms. The molecular formula is C15H15BrF2N2. The van der Waals surface area contributed by atoms with Crippen molar-refractivity contribution in [3.05, 3.63) is 68.7 Å². The number of halogens is 3. The molecule has 0 aliphatic heterocycles. The molecular weight excluding hydrogens is 326 g/mol. The highest BCUT2D eigenvalue weighted by atomic mass is 79.9. The van der Waals surface area contributed by atoms with Gasteiger partial charge in [0.1, 0.15) is 0 Å². The van der Waals surface area contributed by atoms with Crippen molar-refractivity contribution < 1.29 is 8.78 Å². The van der Waals surface area contributed by atoms with Gasteiger partial charge in [-0.15, -0.1) is 0 Å². The largest absolute Gasteiger partial charge is 0.271 e. The van der Waals surface area contributed by atoms with Crippen LogP contribution in [0.3, 0.4) is 0 Å². The summed E-state index contributed by atoms with van der Waals surface area (Å²) in [5, 5.41) is 0. The van der Waals surface area contributed by atoms with Crippen molar-refractivity contribution in [2.45, 2.75) is 19.9 Å². The molecule has 0 aliphatic rings. The number of hydrogen-bond acceptors (Lipinski definition) is 2. The van der Waals surface area contributed by atoms with Gasteiger partial charge in [-0.25, -0.2) is 14.2 Å². The molecule has 2 rings (SSSR count). The summed E-state index contributed by atoms with van der Waals surface area (Å²) in [7, 11) is 0. The molecule has 1 atom stereocenters. The second-order valence-corrected chi connectivity index (χ2v) is 5.58. The summed E-state index contributed by atoms with van der Waals surface area (Å²) in [6.07, 6.45) is 0. The fraction of sp³-hybridized carbons (Fsp3) is 0.200. The Morgan fingerprint density at radius 3 is 2.25 bits per heavy atom. The van der Waals surface area contributed by atoms with Crippen molar-refractivity contribution >= 4 is 15.9 Å². The summed E-state index contributed by atoms with van der Waals surface area (Å²) < 4.78 is 27.0. The fourth-order valence-electron chi connectivity index (χ4n) is 2.31. The van der Waals surface area contributed by atoms with Crippen LogP contribution < -0.4 is 11.3 Å². The molecule has 2 aromatic rings. The Hall–Kier alpha value is -1.30. The lowest BCUT2D eigenvalue weighted by Crippen LogP contribution is -2.29. The Morgan fingerprint density at radius 2 is 1.70 bits per heavy atom. The number of hydrazine groups is 1. The second-order valence-electron chi connectivity index (χ2n) is 4.79. The normalized spacial score (nSPS) is 12.5. The van der Waals surface area contributed by atoms with Crippen LogP contribution in [0.25, 0.3) is 0 Å². The van der Waals surface area contributed by atoms with E-state index in [0.717, 1.165) is 22.8 Å². The van der Waals surface area contributed by atoms with E-state index in [0.29, 0.717) is 5.56 Å². The summed E-state index contributed by atoms with van der Waals surface area (Å²) in [6, 6.07) is 8.17. The molecule has 2 nitrogen and oxygen atoms in total. The first-order valence-corrected chi connectivity index (χ1v) is 6.91. The molecule has 0 saturated carbocycles. The van der Waals surface area contributed by atoms with Gasteiger partial charge in [0.25, 0.3) is 0 Å². The zero-order valence-electron chi connectivity index (χ0n) is 11.2. The lowest BCUT2D eigenvalue weighted by Gasteiger charge is -2.20. The number of nitrogens with one attached hydrogen (secondary N) is 1. The van der Waals surface area contributed by atoms with Crippen molar-refractivity contribution in [3.8, 4) is 0 Å². The van der Waals surface area contributed by atoms with Crippen LogP contribution in [0, 0.1) is 25.5 Å². The first kappa shape index (κ1) is 15.1. The number of rotatable bonds is 3. The highest BCUT2D eigenvalue weighted by Crippen LogP contribution is 2.31. The molecule has 106 valence electrons. The molecule has 0 bridgehead atoms. The number of hydrogen-bond donors (Lipinski definition) is 2. The number of nitrogens with two attached hydrogens (primary N) is 1. The highest BCUT2D eigenvalue weighted by molar-refractivity contribution is 9.10. The van der Waals surface area contributed by atoms with Crippen LogP contribution in [0.5, 0.6) is 0 Å². The van der Waals surface area contributed by atoms with E-state index in [9.17, 15) is 8.78 Å². The van der Waals surface area contributed by atoms with Crippen LogP contribution in [-0.2, 0) is 0 Å². The van der Waals surface area contributed by atoms with Crippen LogP contribution in [0.1, 0.15) is 28.3 Å². The lowest BCUT2D eigenvalue weighted by molar-refractivity contribution is 0.498. The van der Waals surface area contributed by atoms with Gasteiger partial charge < -0.3 is 0 Å². The molecule has 0 radical (unpaired) electrons. The molecule has 0 amide bonds. The maximum Gasteiger partial charge on any atom is 0.173 e. The zero-order valence-corrected chi connectivity index (χ0v) is 12.8. The monoisotopic (exact) mass is 340 g/mol. The maximum atomic E-state index is 13.7. The maximum absolute atomic E-state index is 13.7. The van der Waals surface area contributed by atoms with E-state index < -0.39 is 17.7 Å². The summed E-state index contributed by atoms with van der Waals surface area (Å²) in [6.45, 7) is 3.95. The average Bonchev–Trinajstić information content (AvgIpc) is 2.38. The van der Waals surface area contributed by atoms with Crippen LogP contribution in [0.2, 0.25) is 0 Å². The lowest BCUT2D eigenvalue weighted by atomic mass is 9.96. The Morgan fingerprint density at radius 1 is 1.10 bits per heavy atom. The van der Waals surface area contributed by atoms with Crippen LogP contribution >= 0.6 is 15.9 Å². The molecule has 0 fully saturated rings. The Labute approximate surface area is 125 Å². The minimum Gasteiger partial charge on any atom is -0.271 e. The first-order chi connectivity index (χ1) is 9.43. The molecule has 0 saturated heterocycles. The van der Waals surface area contributed by atoms with Crippen LogP contribution in [0.15, 0.2) is 34.8 Å². The Balaban J connectivity index is 2.55. The zero-order chi connectivity index (χ0) is 14.9. The van der Waals surface area contributed by atoms with Crippen molar-refractivity contribution in [1.29, 1.82) is 0 Å². The second kappa shape index (κ2) is 5.99. The summed E-state index contributed by atoms with van der Waals surface area (Å²) in [4.78, 5) is 0. The topological polar surface area (TPSA) is 38.0 Å². The molecule has 2 aromatic carbocycles. The van der Waals surface area contributed by atoms with E-state index in [1.54, 1.807) is 0 Å². The highest BCUT2D eigenvalue weighted by Gasteiger charge is 2.20. The van der Waals surface area contributed by atoms with E-state index in [-0.39, 0.29) is 4.47 Å². The molecule has 3 N–H and O–H groups in total. The summed E-state index contributed by atoms with van der Waals surface area (Å²) in [5.41, 5.74) is 6.27. The van der Waals surface area contributed by atoms with Crippen molar-refractivity contribution in [1.82, 2.24) is 5.43 Å². The molecule has 0 aliphatic carbocycles. The molecule has 5 heteroatoms. The van der Waals surface area contributed by atoms with Crippen LogP contribution in [0.4, 0.5) is 8.78 Å². The van der Waals surface area contributed by atoms with Gasteiger partial charge in [0, 0.05) is 0 Å². The van der Waals surface area contributed by atoms with Gasteiger partial charge in [-0.1, -0.05) is 35.4 Å². The SMILES string of the molecule is Cc1cc(C)cc(C(NN)c2ccc(F)c(F)c2Br)c1. The molecule has 1 unspecified atom stereocenters. The van der Waals surface area contributed by atoms with Gasteiger partial charge in [-0.2, -0.15) is 0 Å². The van der Waals surface area contributed by atoms with Gasteiger partial charge in [0.2, 0.25) is 0 Å². The van der Waals surface area contributed by atoms with E-state index in [2.05, 4.69) is 21.4 Å². The standard InChI is InChI=1S/C15H15BrF2N2/c1-8-5-9(2)7-10(6-8)15(20-19)11-3-4-12(17)14(18)13(11)16/h3-7,15,20H,19H2,1-2H3. The summed E-state index contributed by atoms with van der Waals surface area (Å²) >= 11 is 3.10. The molecule has 0 spiro atoms. The predicted octanol–water partition coefficient (Wildman–Crippen LogP) is 3.90. The Kier molecular flexibility index (Phi) is 4.52. The van der Waals surface area contributed by atoms with Crippen molar-refractivity contribution in [2.75, 3.05) is 0 Å². The van der Waals surface area contributed by atoms with Gasteiger partial charge in [0.05, 0.1) is 10.5 Å². The van der Waals surface area contributed by atoms with Crippen LogP contribution in [-0.4, -0.2) is 0 Å². The fourth-order valence-corrected chi connectivity index (χ4v) is 2.86. The van der Waals surface area contributed by atoms with Gasteiger partial charge in [-0.05, 0) is 47.0 Å². The Bertz CT molecular complexity index is 624. The minimum absolute atomic E-state index is 0.0830. The third kappa shape index (κ3) is 2.90. The van der Waals surface area contributed by atoms with Gasteiger partial charge >= 0.3 is 0 Å². The quantitative estimate of drug-likeness (QED) is 0.505. The van der Waals surface area contributed by atoms with E-state index in [1.165, 1.54) is 6.07 Å². The van der Waals surface area contributed by atoms with Crippen molar-refractivity contribution in [2.24, 2.45) is 5.84 Å². The van der Waals surface area contributed by atoms with E-state index >= 15 is 0 Å². The molecule has 0 heterocycles. The average molecular weight is 341 g/mol. The van der Waals surface area contributed by atoms with Gasteiger partial charge in [0.15, 0.2) is 11.6 Å². The smallest absolute Gasteiger partial charge is 0.173 e. The van der Waals surface area contributed by atoms with Crippen molar-refractivity contribution in [3.63, 3.8) is 0 Å². The minimum atomic E-state index is -0.910. The third-order valence-electron chi connectivity index (χ3n) is 3.12. The third-order valence-corrected chi connectivity index (χ3v) is 3.93. The summed E-state index contributed by atoms with van der Waals surface area (Å²) in [5.74, 6) is 3.81. The molecule has 0 aromatic heterocycles. The predicted molar refractivity (Wildman–Crippen MR) is 79.1 cm³/mol. The number of aryl methyl sites for hydroxylation is 2. The number of benzene rings is 2.